The molecule has 1 aromatic rings. The van der Waals surface area contributed by atoms with Crippen LogP contribution in [0, 0.1) is 13.8 Å². The van der Waals surface area contributed by atoms with Crippen LogP contribution in [-0.4, -0.2) is 47.4 Å². The number of nitrogens with one attached hydrogen (secondary N) is 2. The Morgan fingerprint density at radius 2 is 2.08 bits per heavy atom. The van der Waals surface area contributed by atoms with Gasteiger partial charge in [0.25, 0.3) is 0 Å². The van der Waals surface area contributed by atoms with Gasteiger partial charge in [-0.2, -0.15) is 5.10 Å². The van der Waals surface area contributed by atoms with E-state index in [1.165, 1.54) is 5.69 Å². The maximum Gasteiger partial charge on any atom is 0.307 e. The number of guanidine groups is 1. The molecule has 0 aliphatic rings. The summed E-state index contributed by atoms with van der Waals surface area (Å²) in [5, 5.41) is 10.8. The topological polar surface area (TPSA) is 80.5 Å². The molecule has 0 aliphatic carbocycles. The monoisotopic (exact) mass is 465 g/mol. The van der Waals surface area contributed by atoms with Crippen molar-refractivity contribution in [3.05, 3.63) is 17.5 Å². The van der Waals surface area contributed by atoms with Crippen molar-refractivity contribution in [1.29, 1.82) is 0 Å². The predicted octanol–water partition coefficient (Wildman–Crippen LogP) is 2.40. The lowest BCUT2D eigenvalue weighted by molar-refractivity contribution is -0.147. The first-order chi connectivity index (χ1) is 11.4. The molecule has 0 saturated carbocycles. The number of aryl methyl sites for hydroxylation is 3. The van der Waals surface area contributed by atoms with E-state index in [4.69, 9.17) is 4.74 Å². The minimum Gasteiger partial charge on any atom is -0.463 e. The van der Waals surface area contributed by atoms with Crippen LogP contribution in [0.3, 0.4) is 0 Å². The molecule has 0 fully saturated rings. The van der Waals surface area contributed by atoms with Gasteiger partial charge in [0.05, 0.1) is 18.2 Å². The largest absolute Gasteiger partial charge is 0.463 e. The van der Waals surface area contributed by atoms with Gasteiger partial charge in [-0.15, -0.1) is 24.0 Å². The minimum absolute atomic E-state index is 0. The quantitative estimate of drug-likeness (QED) is 0.193. The van der Waals surface area contributed by atoms with E-state index < -0.39 is 0 Å². The number of carbonyl (C=O) groups excluding carboxylic acids is 1. The van der Waals surface area contributed by atoms with Gasteiger partial charge < -0.3 is 15.4 Å². The highest BCUT2D eigenvalue weighted by Crippen LogP contribution is 2.02. The second-order valence-electron chi connectivity index (χ2n) is 5.98. The molecule has 0 atom stereocenters. The second kappa shape index (κ2) is 13.0. The molecule has 0 saturated heterocycles. The summed E-state index contributed by atoms with van der Waals surface area (Å²) < 4.78 is 7.11. The van der Waals surface area contributed by atoms with Crippen molar-refractivity contribution < 1.29 is 9.53 Å². The molecule has 0 bridgehead atoms. The van der Waals surface area contributed by atoms with Gasteiger partial charge in [0, 0.05) is 31.9 Å². The van der Waals surface area contributed by atoms with Crippen molar-refractivity contribution in [3.63, 3.8) is 0 Å². The van der Waals surface area contributed by atoms with E-state index in [2.05, 4.69) is 33.7 Å². The van der Waals surface area contributed by atoms with Crippen LogP contribution in [-0.2, 0) is 16.1 Å². The molecule has 1 rings (SSSR count). The number of ether oxygens (including phenoxy) is 1. The third-order valence-corrected chi connectivity index (χ3v) is 3.23. The van der Waals surface area contributed by atoms with Crippen molar-refractivity contribution in [2.75, 3.05) is 19.6 Å². The Bertz CT molecular complexity index is 543. The normalized spacial score (nSPS) is 11.2. The molecule has 2 N–H and O–H groups in total. The number of hydrogen-bond donors (Lipinski definition) is 2. The molecule has 0 amide bonds. The Morgan fingerprint density at radius 1 is 1.36 bits per heavy atom. The summed E-state index contributed by atoms with van der Waals surface area (Å²) in [6, 6.07) is 2.07. The van der Waals surface area contributed by atoms with Gasteiger partial charge in [-0.25, -0.2) is 0 Å². The summed E-state index contributed by atoms with van der Waals surface area (Å²) in [5.41, 5.74) is 2.21. The average molecular weight is 465 g/mol. The summed E-state index contributed by atoms with van der Waals surface area (Å²) in [7, 11) is 0. The third-order valence-electron chi connectivity index (χ3n) is 3.23. The number of nitrogens with zero attached hydrogens (tertiary/aromatic N) is 3. The van der Waals surface area contributed by atoms with E-state index >= 15 is 0 Å². The van der Waals surface area contributed by atoms with Gasteiger partial charge in [0.1, 0.15) is 0 Å². The molecule has 0 spiro atoms. The molecular formula is C17H32IN5O2. The molecule has 0 radical (unpaired) electrons. The lowest BCUT2D eigenvalue weighted by atomic mass is 10.4. The molecule has 25 heavy (non-hydrogen) atoms. The lowest BCUT2D eigenvalue weighted by Crippen LogP contribution is -2.38. The van der Waals surface area contributed by atoms with E-state index in [0.717, 1.165) is 31.2 Å². The smallest absolute Gasteiger partial charge is 0.307 e. The fraction of sp³-hybridized carbons (Fsp3) is 0.706. The third kappa shape index (κ3) is 10.3. The molecule has 0 aromatic carbocycles. The maximum absolute atomic E-state index is 11.5. The number of esters is 1. The molecule has 0 aliphatic heterocycles. The highest BCUT2D eigenvalue weighted by Gasteiger charge is 2.06. The summed E-state index contributed by atoms with van der Waals surface area (Å²) >= 11 is 0. The first kappa shape index (κ1) is 23.7. The number of halogens is 1. The zero-order valence-electron chi connectivity index (χ0n) is 16.0. The summed E-state index contributed by atoms with van der Waals surface area (Å²) in [4.78, 5) is 16.0. The molecule has 1 heterocycles. The highest BCUT2D eigenvalue weighted by molar-refractivity contribution is 14.0. The van der Waals surface area contributed by atoms with E-state index in [9.17, 15) is 4.79 Å². The van der Waals surface area contributed by atoms with Crippen molar-refractivity contribution in [1.82, 2.24) is 20.4 Å². The van der Waals surface area contributed by atoms with Gasteiger partial charge in [-0.3, -0.25) is 14.5 Å². The maximum atomic E-state index is 11.5. The number of rotatable bonds is 9. The minimum atomic E-state index is -0.196. The number of aromatic nitrogens is 2. The Labute approximate surface area is 168 Å². The van der Waals surface area contributed by atoms with Crippen LogP contribution >= 0.6 is 24.0 Å². The van der Waals surface area contributed by atoms with Crippen LogP contribution in [0.2, 0.25) is 0 Å². The van der Waals surface area contributed by atoms with E-state index in [0.29, 0.717) is 19.5 Å². The Balaban J connectivity index is 0.00000576. The summed E-state index contributed by atoms with van der Waals surface area (Å²) in [5.74, 6) is 0.529. The predicted molar refractivity (Wildman–Crippen MR) is 112 cm³/mol. The molecule has 8 heteroatoms. The first-order valence-electron chi connectivity index (χ1n) is 8.65. The zero-order chi connectivity index (χ0) is 17.9. The van der Waals surface area contributed by atoms with Gasteiger partial charge in [-0.1, -0.05) is 0 Å². The SMILES string of the molecule is CCNC(=NCCCn1nc(C)cc1C)NCCC(=O)OC(C)C.I. The standard InChI is InChI=1S/C17H31N5O2.HI/c1-6-18-17(20-10-8-16(23)24-13(2)3)19-9-7-11-22-15(5)12-14(4)21-22;/h12-13H,6-11H2,1-5H3,(H2,18,19,20);1H. The van der Waals surface area contributed by atoms with Crippen molar-refractivity contribution in [3.8, 4) is 0 Å². The lowest BCUT2D eigenvalue weighted by Gasteiger charge is -2.12. The van der Waals surface area contributed by atoms with Gasteiger partial charge in [0.15, 0.2) is 5.96 Å². The molecule has 7 nitrogen and oxygen atoms in total. The zero-order valence-corrected chi connectivity index (χ0v) is 18.3. The van der Waals surface area contributed by atoms with Gasteiger partial charge >= 0.3 is 5.97 Å². The van der Waals surface area contributed by atoms with Crippen LogP contribution in [0.4, 0.5) is 0 Å². The van der Waals surface area contributed by atoms with Crippen molar-refractivity contribution in [2.24, 2.45) is 4.99 Å². The average Bonchev–Trinajstić information content (AvgIpc) is 2.80. The molecule has 1 aromatic heterocycles. The Morgan fingerprint density at radius 3 is 2.64 bits per heavy atom. The van der Waals surface area contributed by atoms with Crippen LogP contribution in [0.25, 0.3) is 0 Å². The number of carbonyl (C=O) groups is 1. The van der Waals surface area contributed by atoms with E-state index in [-0.39, 0.29) is 36.0 Å². The summed E-state index contributed by atoms with van der Waals surface area (Å²) in [6.45, 7) is 12.6. The van der Waals surface area contributed by atoms with Crippen LogP contribution in [0.5, 0.6) is 0 Å². The Kier molecular flexibility index (Phi) is 12.3. The van der Waals surface area contributed by atoms with Gasteiger partial charge in [0.2, 0.25) is 0 Å². The molecule has 0 unspecified atom stereocenters. The first-order valence-corrected chi connectivity index (χ1v) is 8.65. The number of aliphatic imine (C=N–C) groups is 1. The van der Waals surface area contributed by atoms with Crippen LogP contribution in [0.15, 0.2) is 11.1 Å². The van der Waals surface area contributed by atoms with Crippen LogP contribution < -0.4 is 10.6 Å². The fourth-order valence-corrected chi connectivity index (χ4v) is 2.26. The van der Waals surface area contributed by atoms with E-state index in [1.54, 1.807) is 0 Å². The fourth-order valence-electron chi connectivity index (χ4n) is 2.26. The molecule has 144 valence electrons. The van der Waals surface area contributed by atoms with Crippen molar-refractivity contribution in [2.45, 2.75) is 60.1 Å². The van der Waals surface area contributed by atoms with E-state index in [1.807, 2.05) is 32.4 Å². The second-order valence-corrected chi connectivity index (χ2v) is 5.98. The summed E-state index contributed by atoms with van der Waals surface area (Å²) in [6.07, 6.45) is 1.16. The Hall–Kier alpha value is -1.32. The van der Waals surface area contributed by atoms with Crippen LogP contribution in [0.1, 0.15) is 45.0 Å². The number of hydrogen-bond acceptors (Lipinski definition) is 4. The van der Waals surface area contributed by atoms with Crippen molar-refractivity contribution >= 4 is 35.9 Å². The highest BCUT2D eigenvalue weighted by atomic mass is 127. The molecular weight excluding hydrogens is 433 g/mol. The van der Waals surface area contributed by atoms with Gasteiger partial charge in [-0.05, 0) is 47.1 Å².